The van der Waals surface area contributed by atoms with E-state index in [1.54, 1.807) is 0 Å². The molecule has 1 rings (SSSR count). The lowest BCUT2D eigenvalue weighted by Gasteiger charge is -2.17. The van der Waals surface area contributed by atoms with E-state index < -0.39 is 12.2 Å². The van der Waals surface area contributed by atoms with Gasteiger partial charge in [0.05, 0.1) is 6.10 Å². The Morgan fingerprint density at radius 2 is 2.12 bits per heavy atom. The zero-order valence-electron chi connectivity index (χ0n) is 8.66. The average molecular weight is 277 g/mol. The Bertz CT molecular complexity index is 437. The molecule has 1 heterocycles. The third-order valence-corrected chi connectivity index (χ3v) is 2.63. The highest BCUT2D eigenvalue weighted by atomic mass is 35.5. The molecule has 0 spiro atoms. The lowest BCUT2D eigenvalue weighted by atomic mass is 10.0. The van der Waals surface area contributed by atoms with Crippen molar-refractivity contribution in [3.8, 4) is 0 Å². The Balaban J connectivity index is 2.73. The normalized spacial score (nSPS) is 13.9. The van der Waals surface area contributed by atoms with E-state index in [-0.39, 0.29) is 28.8 Å². The first-order valence-electron chi connectivity index (χ1n) is 4.75. The van der Waals surface area contributed by atoms with Crippen LogP contribution in [0.2, 0.25) is 10.3 Å². The molecular weight excluding hydrogens is 267 g/mol. The molecule has 0 amide bonds. The van der Waals surface area contributed by atoms with Crippen LogP contribution in [-0.2, 0) is 0 Å². The van der Waals surface area contributed by atoms with Gasteiger partial charge in [0.15, 0.2) is 0 Å². The topological polar surface area (TPSA) is 102 Å². The zero-order valence-corrected chi connectivity index (χ0v) is 10.2. The van der Waals surface area contributed by atoms with Crippen LogP contribution in [0.4, 0.5) is 0 Å². The van der Waals surface area contributed by atoms with Crippen LogP contribution in [0, 0.1) is 0 Å². The van der Waals surface area contributed by atoms with Gasteiger partial charge < -0.3 is 10.2 Å². The molecule has 2 unspecified atom stereocenters. The summed E-state index contributed by atoms with van der Waals surface area (Å²) in [7, 11) is 0. The first-order chi connectivity index (χ1) is 8.06. The van der Waals surface area contributed by atoms with Crippen molar-refractivity contribution in [3.63, 3.8) is 0 Å². The molecule has 0 aliphatic heterocycles. The second-order valence-corrected chi connectivity index (χ2v) is 4.01. The minimum atomic E-state index is -1.19. The molecule has 2 N–H and O–H groups in total. The van der Waals surface area contributed by atoms with Gasteiger partial charge in [-0.05, 0) is 18.0 Å². The van der Waals surface area contributed by atoms with Crippen molar-refractivity contribution in [3.05, 3.63) is 38.4 Å². The van der Waals surface area contributed by atoms with E-state index in [0.29, 0.717) is 0 Å². The summed E-state index contributed by atoms with van der Waals surface area (Å²) in [5.41, 5.74) is 8.36. The molecule has 17 heavy (non-hydrogen) atoms. The van der Waals surface area contributed by atoms with Crippen molar-refractivity contribution in [1.82, 2.24) is 4.98 Å². The Kier molecular flexibility index (Phi) is 5.47. The SMILES string of the molecule is [N-]=[N+]=NCCC(O)C(O)c1ccc(Cl)nc1Cl. The Morgan fingerprint density at radius 3 is 2.71 bits per heavy atom. The second kappa shape index (κ2) is 6.64. The van der Waals surface area contributed by atoms with E-state index in [1.807, 2.05) is 0 Å². The van der Waals surface area contributed by atoms with Crippen molar-refractivity contribution >= 4 is 23.2 Å². The van der Waals surface area contributed by atoms with Crippen LogP contribution in [-0.4, -0.2) is 27.8 Å². The molecule has 0 saturated heterocycles. The predicted molar refractivity (Wildman–Crippen MR) is 63.9 cm³/mol. The Morgan fingerprint density at radius 1 is 1.41 bits per heavy atom. The van der Waals surface area contributed by atoms with E-state index in [4.69, 9.17) is 28.7 Å². The molecule has 0 aromatic carbocycles. The summed E-state index contributed by atoms with van der Waals surface area (Å²) in [6, 6.07) is 2.95. The third kappa shape index (κ3) is 4.03. The molecule has 0 saturated carbocycles. The number of nitrogens with zero attached hydrogens (tertiary/aromatic N) is 4. The van der Waals surface area contributed by atoms with Gasteiger partial charge in [-0.15, -0.1) is 0 Å². The van der Waals surface area contributed by atoms with Gasteiger partial charge in [0.25, 0.3) is 0 Å². The van der Waals surface area contributed by atoms with E-state index in [0.717, 1.165) is 0 Å². The molecule has 0 bridgehead atoms. The average Bonchev–Trinajstić information content (AvgIpc) is 2.28. The molecule has 92 valence electrons. The molecule has 1 aromatic heterocycles. The number of hydrogen-bond donors (Lipinski definition) is 2. The summed E-state index contributed by atoms with van der Waals surface area (Å²) >= 11 is 11.4. The minimum Gasteiger partial charge on any atom is -0.390 e. The number of rotatable bonds is 5. The maximum absolute atomic E-state index is 9.81. The summed E-state index contributed by atoms with van der Waals surface area (Å²) in [4.78, 5) is 6.30. The van der Waals surface area contributed by atoms with Crippen LogP contribution in [0.5, 0.6) is 0 Å². The lowest BCUT2D eigenvalue weighted by molar-refractivity contribution is 0.0149. The maximum Gasteiger partial charge on any atom is 0.136 e. The lowest BCUT2D eigenvalue weighted by Crippen LogP contribution is -2.19. The van der Waals surface area contributed by atoms with Gasteiger partial charge >= 0.3 is 0 Å². The number of aliphatic hydroxyl groups is 2. The fourth-order valence-electron chi connectivity index (χ4n) is 1.24. The predicted octanol–water partition coefficient (Wildman–Crippen LogP) is 2.48. The van der Waals surface area contributed by atoms with Crippen LogP contribution in [0.1, 0.15) is 18.1 Å². The molecule has 1 aromatic rings. The van der Waals surface area contributed by atoms with Gasteiger partial charge in [0, 0.05) is 17.0 Å². The second-order valence-electron chi connectivity index (χ2n) is 3.27. The van der Waals surface area contributed by atoms with Crippen LogP contribution >= 0.6 is 23.2 Å². The number of azide groups is 1. The summed E-state index contributed by atoms with van der Waals surface area (Å²) < 4.78 is 0. The van der Waals surface area contributed by atoms with Crippen molar-refractivity contribution in [2.24, 2.45) is 5.11 Å². The molecule has 6 nitrogen and oxygen atoms in total. The number of halogens is 2. The number of pyridine rings is 1. The van der Waals surface area contributed by atoms with Gasteiger partial charge in [0.1, 0.15) is 16.4 Å². The standard InChI is InChI=1S/C9H10Cl2N4O2/c10-7-2-1-5(9(11)14-7)8(17)6(16)3-4-13-15-12/h1-2,6,8,16-17H,3-4H2. The highest BCUT2D eigenvalue weighted by Gasteiger charge is 2.21. The van der Waals surface area contributed by atoms with Crippen molar-refractivity contribution in [1.29, 1.82) is 0 Å². The van der Waals surface area contributed by atoms with Gasteiger partial charge in [-0.3, -0.25) is 0 Å². The number of aliphatic hydroxyl groups excluding tert-OH is 2. The molecule has 0 radical (unpaired) electrons. The monoisotopic (exact) mass is 276 g/mol. The van der Waals surface area contributed by atoms with Gasteiger partial charge in [-0.25, -0.2) is 4.98 Å². The first-order valence-corrected chi connectivity index (χ1v) is 5.50. The number of hydrogen-bond acceptors (Lipinski definition) is 4. The molecular formula is C9H10Cl2N4O2. The summed E-state index contributed by atoms with van der Waals surface area (Å²) in [6.07, 6.45) is -2.15. The number of aromatic nitrogens is 1. The molecule has 0 fully saturated rings. The first kappa shape index (κ1) is 14.0. The van der Waals surface area contributed by atoms with Crippen LogP contribution in [0.15, 0.2) is 17.2 Å². The summed E-state index contributed by atoms with van der Waals surface area (Å²) in [6.45, 7) is 0.0906. The van der Waals surface area contributed by atoms with Crippen LogP contribution in [0.25, 0.3) is 10.4 Å². The van der Waals surface area contributed by atoms with Gasteiger partial charge in [-0.1, -0.05) is 34.4 Å². The van der Waals surface area contributed by atoms with E-state index >= 15 is 0 Å². The van der Waals surface area contributed by atoms with E-state index in [1.165, 1.54) is 12.1 Å². The fraction of sp³-hybridized carbons (Fsp3) is 0.444. The van der Waals surface area contributed by atoms with Crippen LogP contribution < -0.4 is 0 Å². The summed E-state index contributed by atoms with van der Waals surface area (Å²) in [5, 5.41) is 22.9. The van der Waals surface area contributed by atoms with Gasteiger partial charge in [0.2, 0.25) is 0 Å². The minimum absolute atomic E-state index is 0.0350. The highest BCUT2D eigenvalue weighted by molar-refractivity contribution is 6.32. The molecule has 8 heteroatoms. The third-order valence-electron chi connectivity index (χ3n) is 2.11. The van der Waals surface area contributed by atoms with Gasteiger partial charge in [-0.2, -0.15) is 0 Å². The Labute approximate surface area is 107 Å². The molecule has 0 aliphatic carbocycles. The molecule has 2 atom stereocenters. The van der Waals surface area contributed by atoms with Crippen molar-refractivity contribution < 1.29 is 10.2 Å². The largest absolute Gasteiger partial charge is 0.390 e. The zero-order chi connectivity index (χ0) is 12.8. The molecule has 0 aliphatic rings. The summed E-state index contributed by atoms with van der Waals surface area (Å²) in [5.74, 6) is 0. The maximum atomic E-state index is 9.81. The fourth-order valence-corrected chi connectivity index (χ4v) is 1.70. The quantitative estimate of drug-likeness (QED) is 0.374. The van der Waals surface area contributed by atoms with E-state index in [2.05, 4.69) is 15.0 Å². The highest BCUT2D eigenvalue weighted by Crippen LogP contribution is 2.26. The Hall–Kier alpha value is -1.04. The smallest absolute Gasteiger partial charge is 0.136 e. The van der Waals surface area contributed by atoms with E-state index in [9.17, 15) is 10.2 Å². The van der Waals surface area contributed by atoms with Crippen molar-refractivity contribution in [2.75, 3.05) is 6.54 Å². The van der Waals surface area contributed by atoms with Crippen molar-refractivity contribution in [2.45, 2.75) is 18.6 Å². The van der Waals surface area contributed by atoms with Crippen LogP contribution in [0.3, 0.4) is 0 Å².